The number of hydrogen-bond donors (Lipinski definition) is 0. The molecule has 1 saturated heterocycles. The lowest BCUT2D eigenvalue weighted by Gasteiger charge is -2.32. The van der Waals surface area contributed by atoms with Crippen LogP contribution in [0.5, 0.6) is 5.75 Å². The number of methoxy groups -OCH3 is 1. The molecule has 0 bridgehead atoms. The van der Waals surface area contributed by atoms with E-state index in [2.05, 4.69) is 24.3 Å². The molecule has 124 valence electrons. The summed E-state index contributed by atoms with van der Waals surface area (Å²) in [4.78, 5) is 14.5. The van der Waals surface area contributed by atoms with E-state index >= 15 is 0 Å². The van der Waals surface area contributed by atoms with E-state index in [0.29, 0.717) is 5.92 Å². The Morgan fingerprint density at radius 3 is 2.67 bits per heavy atom. The fraction of sp³-hybridized carbons (Fsp3) is 0.286. The molecular formula is C21H23NO2. The van der Waals surface area contributed by atoms with Gasteiger partial charge in [-0.2, -0.15) is 0 Å². The topological polar surface area (TPSA) is 29.5 Å². The van der Waals surface area contributed by atoms with Crippen LogP contribution < -0.4 is 4.74 Å². The SMILES string of the molecule is COc1ccccc1/C=C\C(=O)N1CCC[C@H](c2ccccc2)C1. The van der Waals surface area contributed by atoms with E-state index < -0.39 is 0 Å². The fourth-order valence-electron chi connectivity index (χ4n) is 3.25. The highest BCUT2D eigenvalue weighted by Crippen LogP contribution is 2.27. The molecule has 1 amide bonds. The van der Waals surface area contributed by atoms with Gasteiger partial charge in [0.2, 0.25) is 5.91 Å². The van der Waals surface area contributed by atoms with Gasteiger partial charge in [0.25, 0.3) is 0 Å². The largest absolute Gasteiger partial charge is 0.496 e. The van der Waals surface area contributed by atoms with Gasteiger partial charge in [0.1, 0.15) is 5.75 Å². The first-order valence-corrected chi connectivity index (χ1v) is 8.43. The fourth-order valence-corrected chi connectivity index (χ4v) is 3.25. The summed E-state index contributed by atoms with van der Waals surface area (Å²) < 4.78 is 5.32. The molecule has 2 aromatic carbocycles. The number of benzene rings is 2. The van der Waals surface area contributed by atoms with E-state index in [1.54, 1.807) is 13.2 Å². The second-order valence-electron chi connectivity index (χ2n) is 6.11. The number of carbonyl (C=O) groups is 1. The van der Waals surface area contributed by atoms with Crippen molar-refractivity contribution in [1.29, 1.82) is 0 Å². The zero-order valence-corrected chi connectivity index (χ0v) is 14.0. The maximum Gasteiger partial charge on any atom is 0.246 e. The van der Waals surface area contributed by atoms with Gasteiger partial charge in [0.15, 0.2) is 0 Å². The summed E-state index contributed by atoms with van der Waals surface area (Å²) in [5.41, 5.74) is 2.24. The molecule has 3 nitrogen and oxygen atoms in total. The molecule has 0 spiro atoms. The van der Waals surface area contributed by atoms with Crippen LogP contribution in [0.3, 0.4) is 0 Å². The van der Waals surface area contributed by atoms with Gasteiger partial charge in [0, 0.05) is 30.6 Å². The van der Waals surface area contributed by atoms with Gasteiger partial charge in [-0.05, 0) is 30.5 Å². The first kappa shape index (κ1) is 16.3. The molecule has 3 rings (SSSR count). The average Bonchev–Trinajstić information content (AvgIpc) is 2.67. The molecule has 1 fully saturated rings. The lowest BCUT2D eigenvalue weighted by atomic mass is 9.90. The number of likely N-dealkylation sites (tertiary alicyclic amines) is 1. The summed E-state index contributed by atoms with van der Waals surface area (Å²) >= 11 is 0. The van der Waals surface area contributed by atoms with E-state index in [-0.39, 0.29) is 5.91 Å². The molecule has 3 heteroatoms. The molecule has 1 atom stereocenters. The van der Waals surface area contributed by atoms with Crippen LogP contribution in [-0.4, -0.2) is 31.0 Å². The Bertz CT molecular complexity index is 709. The predicted molar refractivity (Wildman–Crippen MR) is 97.0 cm³/mol. The highest BCUT2D eigenvalue weighted by molar-refractivity contribution is 5.92. The van der Waals surface area contributed by atoms with Gasteiger partial charge in [-0.15, -0.1) is 0 Å². The van der Waals surface area contributed by atoms with Crippen molar-refractivity contribution in [2.24, 2.45) is 0 Å². The zero-order chi connectivity index (χ0) is 16.8. The number of para-hydroxylation sites is 1. The third-order valence-corrected chi connectivity index (χ3v) is 4.55. The van der Waals surface area contributed by atoms with Crippen LogP contribution in [0.2, 0.25) is 0 Å². The summed E-state index contributed by atoms with van der Waals surface area (Å²) in [7, 11) is 1.64. The quantitative estimate of drug-likeness (QED) is 0.793. The number of hydrogen-bond acceptors (Lipinski definition) is 2. The number of piperidine rings is 1. The van der Waals surface area contributed by atoms with Crippen molar-refractivity contribution in [3.05, 3.63) is 71.8 Å². The molecule has 0 radical (unpaired) electrons. The highest BCUT2D eigenvalue weighted by Gasteiger charge is 2.23. The summed E-state index contributed by atoms with van der Waals surface area (Å²) in [5.74, 6) is 1.28. The Labute approximate surface area is 143 Å². The Morgan fingerprint density at radius 1 is 1.12 bits per heavy atom. The molecule has 1 aliphatic rings. The molecule has 0 saturated carbocycles. The van der Waals surface area contributed by atoms with Crippen LogP contribution in [-0.2, 0) is 4.79 Å². The Kier molecular flexibility index (Phi) is 5.32. The standard InChI is InChI=1S/C21H23NO2/c1-24-20-12-6-5-10-18(20)13-14-21(23)22-15-7-11-19(16-22)17-8-3-2-4-9-17/h2-6,8-10,12-14,19H,7,11,15-16H2,1H3/b14-13-/t19-/m0/s1. The minimum absolute atomic E-state index is 0.0709. The third-order valence-electron chi connectivity index (χ3n) is 4.55. The molecule has 0 unspecified atom stereocenters. The normalized spacial score (nSPS) is 17.9. The Balaban J connectivity index is 1.67. The van der Waals surface area contributed by atoms with Gasteiger partial charge >= 0.3 is 0 Å². The summed E-state index contributed by atoms with van der Waals surface area (Å²) in [5, 5.41) is 0. The Hall–Kier alpha value is -2.55. The molecule has 0 aliphatic carbocycles. The summed E-state index contributed by atoms with van der Waals surface area (Å²) in [6, 6.07) is 18.2. The van der Waals surface area contributed by atoms with Gasteiger partial charge in [0.05, 0.1) is 7.11 Å². The molecular weight excluding hydrogens is 298 g/mol. The number of ether oxygens (including phenoxy) is 1. The van der Waals surface area contributed by atoms with Crippen LogP contribution in [0, 0.1) is 0 Å². The van der Waals surface area contributed by atoms with E-state index in [1.165, 1.54) is 5.56 Å². The molecule has 0 aromatic heterocycles. The maximum atomic E-state index is 12.5. The maximum absolute atomic E-state index is 12.5. The smallest absolute Gasteiger partial charge is 0.246 e. The lowest BCUT2D eigenvalue weighted by Crippen LogP contribution is -2.38. The van der Waals surface area contributed by atoms with Crippen molar-refractivity contribution in [2.45, 2.75) is 18.8 Å². The Morgan fingerprint density at radius 2 is 1.88 bits per heavy atom. The van der Waals surface area contributed by atoms with Crippen molar-refractivity contribution >= 4 is 12.0 Å². The van der Waals surface area contributed by atoms with Crippen molar-refractivity contribution < 1.29 is 9.53 Å². The molecule has 24 heavy (non-hydrogen) atoms. The van der Waals surface area contributed by atoms with Crippen molar-refractivity contribution in [3.63, 3.8) is 0 Å². The van der Waals surface area contributed by atoms with Gasteiger partial charge in [-0.1, -0.05) is 48.5 Å². The van der Waals surface area contributed by atoms with Gasteiger partial charge in [-0.25, -0.2) is 0 Å². The van der Waals surface area contributed by atoms with Crippen molar-refractivity contribution in [1.82, 2.24) is 4.90 Å². The van der Waals surface area contributed by atoms with Gasteiger partial charge < -0.3 is 9.64 Å². The van der Waals surface area contributed by atoms with E-state index in [1.807, 2.05) is 41.3 Å². The zero-order valence-electron chi connectivity index (χ0n) is 14.0. The number of carbonyl (C=O) groups excluding carboxylic acids is 1. The summed E-state index contributed by atoms with van der Waals surface area (Å²) in [6.07, 6.45) is 5.69. The second kappa shape index (κ2) is 7.82. The molecule has 1 heterocycles. The molecule has 0 N–H and O–H groups in total. The third kappa shape index (κ3) is 3.85. The number of amides is 1. The van der Waals surface area contributed by atoms with E-state index in [4.69, 9.17) is 4.74 Å². The number of nitrogens with zero attached hydrogens (tertiary/aromatic N) is 1. The first-order chi connectivity index (χ1) is 11.8. The highest BCUT2D eigenvalue weighted by atomic mass is 16.5. The van der Waals surface area contributed by atoms with Crippen LogP contribution in [0.1, 0.15) is 29.9 Å². The van der Waals surface area contributed by atoms with Crippen molar-refractivity contribution in [3.8, 4) is 5.75 Å². The monoisotopic (exact) mass is 321 g/mol. The minimum atomic E-state index is 0.0709. The average molecular weight is 321 g/mol. The van der Waals surface area contributed by atoms with E-state index in [9.17, 15) is 4.79 Å². The molecule has 1 aliphatic heterocycles. The summed E-state index contributed by atoms with van der Waals surface area (Å²) in [6.45, 7) is 1.62. The van der Waals surface area contributed by atoms with E-state index in [0.717, 1.165) is 37.2 Å². The molecule has 2 aromatic rings. The van der Waals surface area contributed by atoms with Crippen molar-refractivity contribution in [2.75, 3.05) is 20.2 Å². The van der Waals surface area contributed by atoms with Crippen LogP contribution in [0.4, 0.5) is 0 Å². The first-order valence-electron chi connectivity index (χ1n) is 8.43. The van der Waals surface area contributed by atoms with Crippen LogP contribution >= 0.6 is 0 Å². The minimum Gasteiger partial charge on any atom is -0.496 e. The van der Waals surface area contributed by atoms with Crippen LogP contribution in [0.25, 0.3) is 6.08 Å². The second-order valence-corrected chi connectivity index (χ2v) is 6.11. The number of rotatable bonds is 4. The lowest BCUT2D eigenvalue weighted by molar-refractivity contribution is -0.127. The predicted octanol–water partition coefficient (Wildman–Crippen LogP) is 4.11. The van der Waals surface area contributed by atoms with Crippen LogP contribution in [0.15, 0.2) is 60.7 Å². The van der Waals surface area contributed by atoms with Gasteiger partial charge in [-0.3, -0.25) is 4.79 Å².